The summed E-state index contributed by atoms with van der Waals surface area (Å²) in [6, 6.07) is 0. The maximum Gasteiger partial charge on any atom is -0.0246 e. The van der Waals surface area contributed by atoms with E-state index in [9.17, 15) is 0 Å². The van der Waals surface area contributed by atoms with Gasteiger partial charge in [-0.3, -0.25) is 0 Å². The van der Waals surface area contributed by atoms with E-state index in [1.807, 2.05) is 0 Å². The minimum atomic E-state index is 0.297. The van der Waals surface area contributed by atoms with Crippen LogP contribution in [0.25, 0.3) is 0 Å². The molecule has 0 aromatic rings. The van der Waals surface area contributed by atoms with Crippen LogP contribution in [0.4, 0.5) is 0 Å². The molecule has 79 valence electrons. The maximum atomic E-state index is 4.49. The normalized spacial score (nSPS) is 13.4. The second-order valence-corrected chi connectivity index (χ2v) is 4.33. The summed E-state index contributed by atoms with van der Waals surface area (Å²) in [6.45, 7) is 16.0. The topological polar surface area (TPSA) is 0 Å². The van der Waals surface area contributed by atoms with Crippen LogP contribution in [0.2, 0.25) is 0 Å². The molecule has 0 atom stereocenters. The minimum absolute atomic E-state index is 0.297. The van der Waals surface area contributed by atoms with Crippen molar-refractivity contribution in [2.75, 3.05) is 0 Å². The molecule has 0 saturated carbocycles. The molecule has 0 heteroatoms. The van der Waals surface area contributed by atoms with Crippen molar-refractivity contribution in [3.8, 4) is 0 Å². The summed E-state index contributed by atoms with van der Waals surface area (Å²) >= 11 is 0. The van der Waals surface area contributed by atoms with Gasteiger partial charge in [-0.25, -0.2) is 0 Å². The third-order valence-electron chi connectivity index (χ3n) is 4.51. The Morgan fingerprint density at radius 1 is 0.692 bits per heavy atom. The molecule has 1 radical (unpaired) electrons. The van der Waals surface area contributed by atoms with E-state index < -0.39 is 0 Å². The lowest BCUT2D eigenvalue weighted by Gasteiger charge is -2.47. The Labute approximate surface area is 85.1 Å². The van der Waals surface area contributed by atoms with E-state index in [1.54, 1.807) is 0 Å². The third kappa shape index (κ3) is 2.08. The van der Waals surface area contributed by atoms with Gasteiger partial charge in [0.15, 0.2) is 0 Å². The summed E-state index contributed by atoms with van der Waals surface area (Å²) in [7, 11) is 0. The van der Waals surface area contributed by atoms with Crippen LogP contribution < -0.4 is 0 Å². The van der Waals surface area contributed by atoms with Crippen molar-refractivity contribution in [2.45, 2.75) is 66.7 Å². The maximum absolute atomic E-state index is 4.49. The molecule has 0 rings (SSSR count). The van der Waals surface area contributed by atoms with Gasteiger partial charge in [0, 0.05) is 0 Å². The van der Waals surface area contributed by atoms with Crippen LogP contribution in [0.3, 0.4) is 0 Å². The van der Waals surface area contributed by atoms with Gasteiger partial charge < -0.3 is 0 Å². The zero-order valence-corrected chi connectivity index (χ0v) is 10.2. The Balaban J connectivity index is 4.87. The van der Waals surface area contributed by atoms with Gasteiger partial charge in [-0.2, -0.15) is 0 Å². The molecular weight excluding hydrogens is 156 g/mol. The minimum Gasteiger partial charge on any atom is -0.0648 e. The van der Waals surface area contributed by atoms with Gasteiger partial charge in [0.2, 0.25) is 0 Å². The van der Waals surface area contributed by atoms with Crippen LogP contribution in [-0.4, -0.2) is 0 Å². The van der Waals surface area contributed by atoms with E-state index in [0.29, 0.717) is 10.8 Å². The predicted molar refractivity (Wildman–Crippen MR) is 61.7 cm³/mol. The van der Waals surface area contributed by atoms with Crippen LogP contribution in [-0.2, 0) is 0 Å². The largest absolute Gasteiger partial charge is 0.0648 e. The first-order chi connectivity index (χ1) is 6.05. The first-order valence-electron chi connectivity index (χ1n) is 5.91. The van der Waals surface area contributed by atoms with Crippen molar-refractivity contribution in [2.24, 2.45) is 10.8 Å². The molecule has 0 aromatic carbocycles. The lowest BCUT2D eigenvalue weighted by atomic mass is 9.57. The second-order valence-electron chi connectivity index (χ2n) is 4.33. The monoisotopic (exact) mass is 183 g/mol. The second kappa shape index (κ2) is 5.02. The number of hydrogen-bond acceptors (Lipinski definition) is 0. The predicted octanol–water partition coefficient (Wildman–Crippen LogP) is 4.84. The smallest absolute Gasteiger partial charge is 0.0246 e. The Hall–Kier alpha value is 0. The Bertz CT molecular complexity index is 119. The summed E-state index contributed by atoms with van der Waals surface area (Å²) in [5.41, 5.74) is 0.766. The lowest BCUT2D eigenvalue weighted by molar-refractivity contribution is 0.0516. The van der Waals surface area contributed by atoms with E-state index >= 15 is 0 Å². The van der Waals surface area contributed by atoms with Crippen molar-refractivity contribution < 1.29 is 0 Å². The van der Waals surface area contributed by atoms with Gasteiger partial charge in [0.1, 0.15) is 0 Å². The van der Waals surface area contributed by atoms with Crippen LogP contribution in [0.5, 0.6) is 0 Å². The van der Waals surface area contributed by atoms with Gasteiger partial charge in [0.25, 0.3) is 0 Å². The van der Waals surface area contributed by atoms with Crippen molar-refractivity contribution in [3.63, 3.8) is 0 Å². The number of rotatable bonds is 6. The highest BCUT2D eigenvalue weighted by atomic mass is 14.5. The Kier molecular flexibility index (Phi) is 5.02. The molecule has 0 aliphatic rings. The molecule has 0 bridgehead atoms. The molecule has 0 spiro atoms. The SMILES string of the molecule is [CH2]C(CC)(CC)C(CC)(CC)CC. The van der Waals surface area contributed by atoms with Gasteiger partial charge in [-0.1, -0.05) is 34.6 Å². The summed E-state index contributed by atoms with van der Waals surface area (Å²) in [4.78, 5) is 0. The molecular formula is C13H27. The fourth-order valence-electron chi connectivity index (χ4n) is 2.87. The molecule has 0 heterocycles. The average Bonchev–Trinajstić information content (AvgIpc) is 2.20. The summed E-state index contributed by atoms with van der Waals surface area (Å²) in [6.07, 6.45) is 6.22. The molecule has 0 nitrogen and oxygen atoms in total. The summed E-state index contributed by atoms with van der Waals surface area (Å²) < 4.78 is 0. The molecule has 0 unspecified atom stereocenters. The van der Waals surface area contributed by atoms with E-state index in [-0.39, 0.29) is 0 Å². The average molecular weight is 183 g/mol. The van der Waals surface area contributed by atoms with Crippen molar-refractivity contribution in [3.05, 3.63) is 6.92 Å². The third-order valence-corrected chi connectivity index (χ3v) is 4.51. The summed E-state index contributed by atoms with van der Waals surface area (Å²) in [5.74, 6) is 0. The molecule has 13 heavy (non-hydrogen) atoms. The quantitative estimate of drug-likeness (QED) is 0.552. The highest BCUT2D eigenvalue weighted by Gasteiger charge is 2.41. The molecule has 0 N–H and O–H groups in total. The van der Waals surface area contributed by atoms with Gasteiger partial charge in [-0.15, -0.1) is 0 Å². The van der Waals surface area contributed by atoms with Gasteiger partial charge in [-0.05, 0) is 49.9 Å². The summed E-state index contributed by atoms with van der Waals surface area (Å²) in [5, 5.41) is 0. The van der Waals surface area contributed by atoms with Crippen molar-refractivity contribution in [1.29, 1.82) is 0 Å². The standard InChI is InChI=1S/C13H27/c1-7-12(6,8-2)13(9-3,10-4)11-5/h6-11H2,1-5H3. The number of hydrogen-bond donors (Lipinski definition) is 0. The van der Waals surface area contributed by atoms with E-state index in [4.69, 9.17) is 0 Å². The van der Waals surface area contributed by atoms with Crippen LogP contribution >= 0.6 is 0 Å². The van der Waals surface area contributed by atoms with E-state index in [0.717, 1.165) is 0 Å². The first kappa shape index (κ1) is 13.0. The van der Waals surface area contributed by atoms with E-state index in [1.165, 1.54) is 32.1 Å². The highest BCUT2D eigenvalue weighted by molar-refractivity contribution is 4.96. The van der Waals surface area contributed by atoms with Crippen molar-refractivity contribution in [1.82, 2.24) is 0 Å². The lowest BCUT2D eigenvalue weighted by Crippen LogP contribution is -2.38. The fraction of sp³-hybridized carbons (Fsp3) is 0.923. The zero-order chi connectivity index (χ0) is 10.5. The van der Waals surface area contributed by atoms with Crippen LogP contribution in [0.1, 0.15) is 66.7 Å². The van der Waals surface area contributed by atoms with Gasteiger partial charge >= 0.3 is 0 Å². The van der Waals surface area contributed by atoms with Crippen LogP contribution in [0.15, 0.2) is 0 Å². The molecule has 0 saturated heterocycles. The van der Waals surface area contributed by atoms with Crippen LogP contribution in [0, 0.1) is 17.8 Å². The molecule has 0 aliphatic carbocycles. The highest BCUT2D eigenvalue weighted by Crippen LogP contribution is 2.51. The Morgan fingerprint density at radius 3 is 1.08 bits per heavy atom. The van der Waals surface area contributed by atoms with E-state index in [2.05, 4.69) is 41.5 Å². The first-order valence-corrected chi connectivity index (χ1v) is 5.91. The molecule has 0 amide bonds. The Morgan fingerprint density at radius 2 is 1.00 bits per heavy atom. The van der Waals surface area contributed by atoms with Gasteiger partial charge in [0.05, 0.1) is 0 Å². The molecule has 0 fully saturated rings. The fourth-order valence-corrected chi connectivity index (χ4v) is 2.87. The molecule has 0 aromatic heterocycles. The molecule has 0 aliphatic heterocycles. The zero-order valence-electron chi connectivity index (χ0n) is 10.2. The van der Waals surface area contributed by atoms with Crippen molar-refractivity contribution >= 4 is 0 Å².